The van der Waals surface area contributed by atoms with E-state index in [9.17, 15) is 4.79 Å². The van der Waals surface area contributed by atoms with Crippen molar-refractivity contribution in [2.24, 2.45) is 5.73 Å². The molecule has 0 spiro atoms. The van der Waals surface area contributed by atoms with E-state index in [2.05, 4.69) is 11.8 Å². The third-order valence-electron chi connectivity index (χ3n) is 3.50. The summed E-state index contributed by atoms with van der Waals surface area (Å²) >= 11 is 0. The minimum Gasteiger partial charge on any atom is -0.380 e. The summed E-state index contributed by atoms with van der Waals surface area (Å²) in [7, 11) is 1.68. The smallest absolute Gasteiger partial charge is 0.255 e. The molecule has 1 amide bonds. The number of ether oxygens (including phenoxy) is 1. The van der Waals surface area contributed by atoms with Gasteiger partial charge in [-0.15, -0.1) is 0 Å². The molecule has 1 aliphatic heterocycles. The standard InChI is InChI=1S/C16H20N2O2/c1-12-5-6-13(4-3-8-17)15(10-12)16(19)18-9-7-14(11-18)20-2/h5-6,10,14H,7-9,11,17H2,1-2H3. The molecule has 1 heterocycles. The van der Waals surface area contributed by atoms with Crippen molar-refractivity contribution in [2.75, 3.05) is 26.7 Å². The van der Waals surface area contributed by atoms with Crippen LogP contribution in [0.5, 0.6) is 0 Å². The number of benzene rings is 1. The van der Waals surface area contributed by atoms with Crippen molar-refractivity contribution < 1.29 is 9.53 Å². The Morgan fingerprint density at radius 1 is 1.55 bits per heavy atom. The Labute approximate surface area is 119 Å². The highest BCUT2D eigenvalue weighted by molar-refractivity contribution is 5.97. The molecule has 1 saturated heterocycles. The molecule has 1 aromatic carbocycles. The summed E-state index contributed by atoms with van der Waals surface area (Å²) in [5, 5.41) is 0. The molecule has 4 nitrogen and oxygen atoms in total. The number of methoxy groups -OCH3 is 1. The molecular weight excluding hydrogens is 252 g/mol. The number of aryl methyl sites for hydroxylation is 1. The van der Waals surface area contributed by atoms with E-state index in [0.29, 0.717) is 12.1 Å². The maximum absolute atomic E-state index is 12.6. The summed E-state index contributed by atoms with van der Waals surface area (Å²) in [6, 6.07) is 5.73. The van der Waals surface area contributed by atoms with Crippen LogP contribution in [-0.4, -0.2) is 43.7 Å². The molecule has 1 fully saturated rings. The topological polar surface area (TPSA) is 55.6 Å². The van der Waals surface area contributed by atoms with Gasteiger partial charge < -0.3 is 15.4 Å². The van der Waals surface area contributed by atoms with Gasteiger partial charge in [0.25, 0.3) is 5.91 Å². The van der Waals surface area contributed by atoms with Gasteiger partial charge in [-0.25, -0.2) is 0 Å². The minimum absolute atomic E-state index is 0.0228. The van der Waals surface area contributed by atoms with E-state index >= 15 is 0 Å². The first-order valence-electron chi connectivity index (χ1n) is 6.77. The number of rotatable bonds is 2. The molecule has 2 N–H and O–H groups in total. The van der Waals surface area contributed by atoms with Gasteiger partial charge in [0.15, 0.2) is 0 Å². The highest BCUT2D eigenvalue weighted by atomic mass is 16.5. The Morgan fingerprint density at radius 2 is 2.35 bits per heavy atom. The Hall–Kier alpha value is -1.83. The molecule has 20 heavy (non-hydrogen) atoms. The van der Waals surface area contributed by atoms with Crippen LogP contribution in [0.25, 0.3) is 0 Å². The van der Waals surface area contributed by atoms with E-state index in [1.165, 1.54) is 0 Å². The summed E-state index contributed by atoms with van der Waals surface area (Å²) in [6.07, 6.45) is 1.03. The minimum atomic E-state index is 0.0228. The zero-order valence-corrected chi connectivity index (χ0v) is 12.0. The fourth-order valence-electron chi connectivity index (χ4n) is 2.37. The predicted molar refractivity (Wildman–Crippen MR) is 78.4 cm³/mol. The van der Waals surface area contributed by atoms with Crippen molar-refractivity contribution in [1.29, 1.82) is 0 Å². The number of amides is 1. The van der Waals surface area contributed by atoms with Gasteiger partial charge in [-0.2, -0.15) is 0 Å². The first-order valence-corrected chi connectivity index (χ1v) is 6.77. The van der Waals surface area contributed by atoms with Gasteiger partial charge in [-0.05, 0) is 25.5 Å². The molecule has 4 heteroatoms. The lowest BCUT2D eigenvalue weighted by molar-refractivity contribution is 0.0724. The molecule has 0 aliphatic carbocycles. The van der Waals surface area contributed by atoms with Gasteiger partial charge in [0.2, 0.25) is 0 Å². The molecule has 1 aromatic rings. The number of carbonyl (C=O) groups is 1. The van der Waals surface area contributed by atoms with Crippen molar-refractivity contribution >= 4 is 5.91 Å². The van der Waals surface area contributed by atoms with Gasteiger partial charge in [0, 0.05) is 25.8 Å². The Kier molecular flexibility index (Phi) is 4.78. The van der Waals surface area contributed by atoms with Crippen molar-refractivity contribution in [1.82, 2.24) is 4.90 Å². The molecule has 0 radical (unpaired) electrons. The van der Waals surface area contributed by atoms with E-state index in [1.54, 1.807) is 7.11 Å². The van der Waals surface area contributed by atoms with Gasteiger partial charge in [0.05, 0.1) is 18.2 Å². The Morgan fingerprint density at radius 3 is 3.00 bits per heavy atom. The van der Waals surface area contributed by atoms with Crippen molar-refractivity contribution in [3.63, 3.8) is 0 Å². The lowest BCUT2D eigenvalue weighted by atomic mass is 10.0. The molecule has 1 aliphatic rings. The van der Waals surface area contributed by atoms with Gasteiger partial charge in [-0.3, -0.25) is 4.79 Å². The lowest BCUT2D eigenvalue weighted by Crippen LogP contribution is -2.30. The van der Waals surface area contributed by atoms with Crippen molar-refractivity contribution in [3.05, 3.63) is 34.9 Å². The second-order valence-corrected chi connectivity index (χ2v) is 4.95. The first kappa shape index (κ1) is 14.6. The van der Waals surface area contributed by atoms with E-state index in [0.717, 1.165) is 24.1 Å². The number of nitrogens with zero attached hydrogens (tertiary/aromatic N) is 1. The fourth-order valence-corrected chi connectivity index (χ4v) is 2.37. The fraction of sp³-hybridized carbons (Fsp3) is 0.438. The molecule has 2 rings (SSSR count). The van der Waals surface area contributed by atoms with Crippen LogP contribution in [0.2, 0.25) is 0 Å². The Bertz CT molecular complexity index is 557. The second kappa shape index (κ2) is 6.56. The van der Waals surface area contributed by atoms with Crippen molar-refractivity contribution in [3.8, 4) is 11.8 Å². The molecule has 1 atom stereocenters. The van der Waals surface area contributed by atoms with E-state index < -0.39 is 0 Å². The van der Waals surface area contributed by atoms with Crippen LogP contribution < -0.4 is 5.73 Å². The third kappa shape index (κ3) is 3.19. The third-order valence-corrected chi connectivity index (χ3v) is 3.50. The number of carbonyl (C=O) groups excluding carboxylic acids is 1. The summed E-state index contributed by atoms with van der Waals surface area (Å²) < 4.78 is 5.31. The summed E-state index contributed by atoms with van der Waals surface area (Å²) in [6.45, 7) is 3.64. The van der Waals surface area contributed by atoms with Crippen LogP contribution in [0.3, 0.4) is 0 Å². The second-order valence-electron chi connectivity index (χ2n) is 4.95. The highest BCUT2D eigenvalue weighted by Crippen LogP contribution is 2.18. The van der Waals surface area contributed by atoms with Crippen LogP contribution in [0.4, 0.5) is 0 Å². The lowest BCUT2D eigenvalue weighted by Gasteiger charge is -2.17. The number of hydrogen-bond acceptors (Lipinski definition) is 3. The SMILES string of the molecule is COC1CCN(C(=O)c2cc(C)ccc2C#CCN)C1. The van der Waals surface area contributed by atoms with Crippen LogP contribution in [0.15, 0.2) is 18.2 Å². The number of hydrogen-bond donors (Lipinski definition) is 1. The molecule has 0 bridgehead atoms. The predicted octanol–water partition coefficient (Wildman–Crippen LogP) is 1.17. The van der Waals surface area contributed by atoms with E-state index in [-0.39, 0.29) is 18.6 Å². The van der Waals surface area contributed by atoms with Crippen LogP contribution in [0, 0.1) is 18.8 Å². The Balaban J connectivity index is 2.27. The van der Waals surface area contributed by atoms with E-state index in [4.69, 9.17) is 10.5 Å². The summed E-state index contributed by atoms with van der Waals surface area (Å²) in [4.78, 5) is 14.4. The molecule has 0 aromatic heterocycles. The average Bonchev–Trinajstić information content (AvgIpc) is 2.94. The normalized spacial score (nSPS) is 17.8. The van der Waals surface area contributed by atoms with Gasteiger partial charge in [0.1, 0.15) is 0 Å². The first-order chi connectivity index (χ1) is 9.65. The van der Waals surface area contributed by atoms with Crippen LogP contribution >= 0.6 is 0 Å². The summed E-state index contributed by atoms with van der Waals surface area (Å²) in [5.74, 6) is 5.81. The zero-order valence-electron chi connectivity index (χ0n) is 12.0. The number of likely N-dealkylation sites (tertiary alicyclic amines) is 1. The molecular formula is C16H20N2O2. The van der Waals surface area contributed by atoms with Gasteiger partial charge in [-0.1, -0.05) is 23.5 Å². The van der Waals surface area contributed by atoms with Crippen LogP contribution in [-0.2, 0) is 4.74 Å². The van der Waals surface area contributed by atoms with Gasteiger partial charge >= 0.3 is 0 Å². The average molecular weight is 272 g/mol. The summed E-state index contributed by atoms with van der Waals surface area (Å²) in [5.41, 5.74) is 7.85. The maximum Gasteiger partial charge on any atom is 0.255 e. The zero-order chi connectivity index (χ0) is 14.5. The van der Waals surface area contributed by atoms with E-state index in [1.807, 2.05) is 30.0 Å². The molecule has 1 unspecified atom stereocenters. The monoisotopic (exact) mass is 272 g/mol. The number of nitrogens with two attached hydrogens (primary N) is 1. The van der Waals surface area contributed by atoms with Crippen LogP contribution in [0.1, 0.15) is 27.9 Å². The highest BCUT2D eigenvalue weighted by Gasteiger charge is 2.27. The largest absolute Gasteiger partial charge is 0.380 e. The van der Waals surface area contributed by atoms with Crippen molar-refractivity contribution in [2.45, 2.75) is 19.4 Å². The maximum atomic E-state index is 12.6. The molecule has 106 valence electrons. The quantitative estimate of drug-likeness (QED) is 0.822. The molecule has 0 saturated carbocycles.